The molecular weight excluding hydrogens is 257 g/mol. The van der Waals surface area contributed by atoms with Crippen LogP contribution in [0.25, 0.3) is 11.5 Å². The van der Waals surface area contributed by atoms with E-state index in [4.69, 9.17) is 4.42 Å². The summed E-state index contributed by atoms with van der Waals surface area (Å²) in [7, 11) is 0. The number of halogens is 1. The Morgan fingerprint density at radius 2 is 2.00 bits per heavy atom. The Morgan fingerprint density at radius 1 is 1.10 bits per heavy atom. The second-order valence-electron chi connectivity index (χ2n) is 4.31. The van der Waals surface area contributed by atoms with Crippen molar-refractivity contribution in [3.63, 3.8) is 0 Å². The van der Waals surface area contributed by atoms with Crippen LogP contribution in [-0.2, 0) is 6.54 Å². The summed E-state index contributed by atoms with van der Waals surface area (Å²) in [5.74, 6) is 0.239. The number of rotatable bonds is 4. The van der Waals surface area contributed by atoms with E-state index < -0.39 is 0 Å². The number of hydrogen-bond donors (Lipinski definition) is 1. The largest absolute Gasteiger partial charge is 0.423 e. The second-order valence-corrected chi connectivity index (χ2v) is 4.31. The Morgan fingerprint density at radius 3 is 2.80 bits per heavy atom. The van der Waals surface area contributed by atoms with Crippen molar-refractivity contribution in [3.8, 4) is 11.5 Å². The average molecular weight is 269 g/mol. The maximum atomic E-state index is 13.1. The molecule has 100 valence electrons. The number of aromatic nitrogens is 2. The topological polar surface area (TPSA) is 51.0 Å². The SMILES string of the molecule is Fc1cccc(CNc2cccc(-c3nnco3)c2)c1. The maximum absolute atomic E-state index is 13.1. The first-order valence-electron chi connectivity index (χ1n) is 6.16. The van der Waals surface area contributed by atoms with Gasteiger partial charge in [0.25, 0.3) is 0 Å². The summed E-state index contributed by atoms with van der Waals surface area (Å²) in [5, 5.41) is 10.8. The van der Waals surface area contributed by atoms with E-state index in [1.165, 1.54) is 18.5 Å². The second kappa shape index (κ2) is 5.52. The zero-order valence-corrected chi connectivity index (χ0v) is 10.6. The van der Waals surface area contributed by atoms with Crippen molar-refractivity contribution in [1.82, 2.24) is 10.2 Å². The van der Waals surface area contributed by atoms with Gasteiger partial charge < -0.3 is 9.73 Å². The van der Waals surface area contributed by atoms with Crippen LogP contribution in [-0.4, -0.2) is 10.2 Å². The van der Waals surface area contributed by atoms with E-state index in [0.717, 1.165) is 16.8 Å². The molecule has 3 rings (SSSR count). The zero-order chi connectivity index (χ0) is 13.8. The third-order valence-corrected chi connectivity index (χ3v) is 2.86. The van der Waals surface area contributed by atoms with Crippen molar-refractivity contribution in [2.75, 3.05) is 5.32 Å². The quantitative estimate of drug-likeness (QED) is 0.787. The van der Waals surface area contributed by atoms with E-state index in [2.05, 4.69) is 15.5 Å². The third-order valence-electron chi connectivity index (χ3n) is 2.86. The van der Waals surface area contributed by atoms with Crippen LogP contribution in [0, 0.1) is 5.82 Å². The summed E-state index contributed by atoms with van der Waals surface area (Å²) in [6.07, 6.45) is 1.29. The molecule has 0 aliphatic rings. The summed E-state index contributed by atoms with van der Waals surface area (Å²) in [6.45, 7) is 0.547. The van der Waals surface area contributed by atoms with Crippen LogP contribution >= 0.6 is 0 Å². The Labute approximate surface area is 115 Å². The van der Waals surface area contributed by atoms with Crippen molar-refractivity contribution >= 4 is 5.69 Å². The fourth-order valence-electron chi connectivity index (χ4n) is 1.91. The highest BCUT2D eigenvalue weighted by molar-refractivity contribution is 5.60. The van der Waals surface area contributed by atoms with E-state index >= 15 is 0 Å². The first-order valence-corrected chi connectivity index (χ1v) is 6.16. The van der Waals surface area contributed by atoms with Gasteiger partial charge in [0.15, 0.2) is 0 Å². The predicted molar refractivity (Wildman–Crippen MR) is 73.5 cm³/mol. The van der Waals surface area contributed by atoms with Crippen LogP contribution in [0.4, 0.5) is 10.1 Å². The van der Waals surface area contributed by atoms with E-state index in [1.807, 2.05) is 30.3 Å². The van der Waals surface area contributed by atoms with E-state index in [9.17, 15) is 4.39 Å². The van der Waals surface area contributed by atoms with E-state index in [1.54, 1.807) is 6.07 Å². The molecule has 0 fully saturated rings. The normalized spacial score (nSPS) is 10.4. The van der Waals surface area contributed by atoms with Gasteiger partial charge in [-0.2, -0.15) is 0 Å². The lowest BCUT2D eigenvalue weighted by atomic mass is 10.2. The molecule has 1 heterocycles. The molecule has 0 aliphatic heterocycles. The zero-order valence-electron chi connectivity index (χ0n) is 10.6. The lowest BCUT2D eigenvalue weighted by molar-refractivity contribution is 0.568. The molecule has 5 heteroatoms. The molecule has 1 N–H and O–H groups in total. The van der Waals surface area contributed by atoms with Crippen molar-refractivity contribution in [3.05, 3.63) is 66.3 Å². The average Bonchev–Trinajstić information content (AvgIpc) is 3.00. The molecule has 0 amide bonds. The Kier molecular flexibility index (Phi) is 3.41. The summed E-state index contributed by atoms with van der Waals surface area (Å²) < 4.78 is 18.2. The van der Waals surface area contributed by atoms with E-state index in [0.29, 0.717) is 12.4 Å². The first kappa shape index (κ1) is 12.3. The molecule has 4 nitrogen and oxygen atoms in total. The third kappa shape index (κ3) is 2.83. The Hall–Kier alpha value is -2.69. The molecule has 0 saturated heterocycles. The Balaban J connectivity index is 1.73. The molecule has 0 aliphatic carbocycles. The van der Waals surface area contributed by atoms with Crippen LogP contribution in [0.5, 0.6) is 0 Å². The highest BCUT2D eigenvalue weighted by Gasteiger charge is 2.04. The monoisotopic (exact) mass is 269 g/mol. The van der Waals surface area contributed by atoms with Gasteiger partial charge in [-0.1, -0.05) is 18.2 Å². The molecule has 3 aromatic rings. The van der Waals surface area contributed by atoms with Crippen LogP contribution < -0.4 is 5.32 Å². The van der Waals surface area contributed by atoms with Gasteiger partial charge in [-0.25, -0.2) is 4.39 Å². The van der Waals surface area contributed by atoms with Crippen molar-refractivity contribution < 1.29 is 8.81 Å². The van der Waals surface area contributed by atoms with Gasteiger partial charge in [-0.3, -0.25) is 0 Å². The fourth-order valence-corrected chi connectivity index (χ4v) is 1.91. The van der Waals surface area contributed by atoms with Gasteiger partial charge >= 0.3 is 0 Å². The van der Waals surface area contributed by atoms with Crippen LogP contribution in [0.2, 0.25) is 0 Å². The van der Waals surface area contributed by atoms with Crippen molar-refractivity contribution in [2.45, 2.75) is 6.54 Å². The fraction of sp³-hybridized carbons (Fsp3) is 0.0667. The molecule has 1 aromatic heterocycles. The van der Waals surface area contributed by atoms with Crippen LogP contribution in [0.15, 0.2) is 59.3 Å². The van der Waals surface area contributed by atoms with Crippen molar-refractivity contribution in [1.29, 1.82) is 0 Å². The highest BCUT2D eigenvalue weighted by Crippen LogP contribution is 2.20. The minimum absolute atomic E-state index is 0.232. The molecule has 0 bridgehead atoms. The van der Waals surface area contributed by atoms with Gasteiger partial charge in [-0.05, 0) is 35.9 Å². The van der Waals surface area contributed by atoms with Crippen LogP contribution in [0.3, 0.4) is 0 Å². The highest BCUT2D eigenvalue weighted by atomic mass is 19.1. The van der Waals surface area contributed by atoms with Crippen molar-refractivity contribution in [2.24, 2.45) is 0 Å². The summed E-state index contributed by atoms with van der Waals surface area (Å²) in [5.41, 5.74) is 2.63. The lowest BCUT2D eigenvalue weighted by Crippen LogP contribution is -1.99. The van der Waals surface area contributed by atoms with Gasteiger partial charge in [0, 0.05) is 17.8 Å². The van der Waals surface area contributed by atoms with Gasteiger partial charge in [-0.15, -0.1) is 10.2 Å². The minimum atomic E-state index is -0.232. The molecular formula is C15H12FN3O. The van der Waals surface area contributed by atoms with Gasteiger partial charge in [0.2, 0.25) is 12.3 Å². The molecule has 0 radical (unpaired) electrons. The molecule has 20 heavy (non-hydrogen) atoms. The molecule has 2 aromatic carbocycles. The van der Waals surface area contributed by atoms with Crippen LogP contribution in [0.1, 0.15) is 5.56 Å². The standard InChI is InChI=1S/C15H12FN3O/c16-13-5-1-3-11(7-13)9-17-14-6-2-4-12(8-14)15-19-18-10-20-15/h1-8,10,17H,9H2. The number of nitrogens with one attached hydrogen (secondary N) is 1. The molecule has 0 unspecified atom stereocenters. The number of hydrogen-bond acceptors (Lipinski definition) is 4. The molecule has 0 saturated carbocycles. The minimum Gasteiger partial charge on any atom is -0.423 e. The number of anilines is 1. The molecule has 0 atom stereocenters. The van der Waals surface area contributed by atoms with E-state index in [-0.39, 0.29) is 5.82 Å². The van der Waals surface area contributed by atoms with Gasteiger partial charge in [0.1, 0.15) is 5.82 Å². The predicted octanol–water partition coefficient (Wildman–Crippen LogP) is 3.49. The Bertz CT molecular complexity index is 698. The smallest absolute Gasteiger partial charge is 0.247 e. The summed E-state index contributed by atoms with van der Waals surface area (Å²) >= 11 is 0. The first-order chi connectivity index (χ1) is 9.81. The number of nitrogens with zero attached hydrogens (tertiary/aromatic N) is 2. The van der Waals surface area contributed by atoms with Gasteiger partial charge in [0.05, 0.1) is 0 Å². The summed E-state index contributed by atoms with van der Waals surface area (Å²) in [6, 6.07) is 14.1. The maximum Gasteiger partial charge on any atom is 0.247 e. The number of benzene rings is 2. The molecule has 0 spiro atoms. The lowest BCUT2D eigenvalue weighted by Gasteiger charge is -2.07. The summed E-state index contributed by atoms with van der Waals surface area (Å²) in [4.78, 5) is 0.